The van der Waals surface area contributed by atoms with Crippen LogP contribution in [0.3, 0.4) is 0 Å². The molecule has 1 amide bonds. The number of hydrogen-bond donors (Lipinski definition) is 14. The average molecular weight is 626 g/mol. The molecule has 252 valence electrons. The van der Waals surface area contributed by atoms with E-state index in [9.17, 15) is 40.5 Å². The predicted octanol–water partition coefficient (Wildman–Crippen LogP) is -8.20. The highest BCUT2D eigenvalue weighted by Gasteiger charge is 2.54. The lowest BCUT2D eigenvalue weighted by molar-refractivity contribution is -0.307. The minimum Gasteiger partial charge on any atom is -0.394 e. The van der Waals surface area contributed by atoms with Gasteiger partial charge >= 0.3 is 0 Å². The van der Waals surface area contributed by atoms with Gasteiger partial charge in [0.05, 0.1) is 43.1 Å². The predicted molar refractivity (Wildman–Crippen MR) is 149 cm³/mol. The van der Waals surface area contributed by atoms with Crippen LogP contribution in [0.1, 0.15) is 19.3 Å². The molecule has 3 aliphatic rings. The van der Waals surface area contributed by atoms with Crippen LogP contribution in [0.2, 0.25) is 0 Å². The number of aliphatic hydroxyl groups is 7. The fraction of sp³-hybridized carbons (Fsp3) is 0.960. The number of nitrogens with two attached hydrogens (primary N) is 5. The summed E-state index contributed by atoms with van der Waals surface area (Å²) in [4.78, 5) is 12.8. The van der Waals surface area contributed by atoms with Crippen LogP contribution in [0.25, 0.3) is 0 Å². The van der Waals surface area contributed by atoms with E-state index in [2.05, 4.69) is 10.6 Å². The number of nitrogens with one attached hydrogen (secondary N) is 2. The van der Waals surface area contributed by atoms with Gasteiger partial charge in [-0.3, -0.25) is 4.79 Å². The quantitative estimate of drug-likeness (QED) is 0.0844. The first-order valence-electron chi connectivity index (χ1n) is 14.7. The Morgan fingerprint density at radius 1 is 0.953 bits per heavy atom. The molecular formula is C25H51N7O11. The van der Waals surface area contributed by atoms with Crippen LogP contribution in [0.5, 0.6) is 0 Å². The molecule has 0 radical (unpaired) electrons. The van der Waals surface area contributed by atoms with E-state index in [1.165, 1.54) is 0 Å². The van der Waals surface area contributed by atoms with Crippen molar-refractivity contribution in [3.63, 3.8) is 0 Å². The summed E-state index contributed by atoms with van der Waals surface area (Å²) in [6.07, 6.45) is -13.8. The van der Waals surface area contributed by atoms with Crippen LogP contribution in [0.15, 0.2) is 0 Å². The van der Waals surface area contributed by atoms with E-state index in [-0.39, 0.29) is 19.4 Å². The van der Waals surface area contributed by atoms with Gasteiger partial charge in [0.1, 0.15) is 30.5 Å². The zero-order chi connectivity index (χ0) is 32.0. The molecule has 3 fully saturated rings. The first kappa shape index (κ1) is 36.3. The van der Waals surface area contributed by atoms with Crippen molar-refractivity contribution in [3.05, 3.63) is 0 Å². The minimum absolute atomic E-state index is 0.00389. The highest BCUT2D eigenvalue weighted by molar-refractivity contribution is 5.81. The number of hydrogen-bond acceptors (Lipinski definition) is 17. The lowest BCUT2D eigenvalue weighted by Crippen LogP contribution is -2.70. The van der Waals surface area contributed by atoms with Crippen molar-refractivity contribution in [2.75, 3.05) is 32.8 Å². The molecule has 18 heteroatoms. The maximum absolute atomic E-state index is 12.8. The van der Waals surface area contributed by atoms with Crippen molar-refractivity contribution in [3.8, 4) is 0 Å². The fourth-order valence-corrected chi connectivity index (χ4v) is 6.10. The Morgan fingerprint density at radius 3 is 2.26 bits per heavy atom. The summed E-state index contributed by atoms with van der Waals surface area (Å²) in [6.45, 7) is -0.150. The van der Waals surface area contributed by atoms with Gasteiger partial charge in [-0.2, -0.15) is 0 Å². The van der Waals surface area contributed by atoms with Crippen LogP contribution in [-0.2, 0) is 19.0 Å². The number of ether oxygens (including phenoxy) is 3. The molecule has 19 N–H and O–H groups in total. The first-order chi connectivity index (χ1) is 20.4. The number of carbonyl (C=O) groups excluding carboxylic acids is 1. The van der Waals surface area contributed by atoms with Crippen LogP contribution in [-0.4, -0.2) is 166 Å². The summed E-state index contributed by atoms with van der Waals surface area (Å²) in [5.41, 5.74) is 29.4. The van der Waals surface area contributed by atoms with E-state index in [1.54, 1.807) is 0 Å². The first-order valence-corrected chi connectivity index (χ1v) is 14.7. The Bertz CT molecular complexity index is 866. The molecule has 2 aliphatic heterocycles. The van der Waals surface area contributed by atoms with Gasteiger partial charge in [0.25, 0.3) is 5.91 Å². The van der Waals surface area contributed by atoms with Gasteiger partial charge in [-0.25, -0.2) is 0 Å². The van der Waals surface area contributed by atoms with Crippen molar-refractivity contribution < 1.29 is 54.8 Å². The van der Waals surface area contributed by atoms with E-state index >= 15 is 0 Å². The largest absolute Gasteiger partial charge is 0.394 e. The van der Waals surface area contributed by atoms with Crippen molar-refractivity contribution in [1.29, 1.82) is 0 Å². The lowest BCUT2D eigenvalue weighted by Gasteiger charge is -2.52. The highest BCUT2D eigenvalue weighted by atomic mass is 16.7. The summed E-state index contributed by atoms with van der Waals surface area (Å²) in [5.74, 6) is -1.88. The molecular weight excluding hydrogens is 574 g/mol. The molecule has 0 spiro atoms. The standard InChI is InChI=1S/C25H51N7O11/c26-2-1-3-31-10-5-12(34)14(7-28)41-22(10)16-9(29)4-11(32-24(40)18(36)13(35)6-27)23(20(16)38)43-25-21(39)17(30)19(37)15(8-33)42-25/h9-23,25,31,33-39H,1-8,26-30H2,(H,32,40)/t9-,10+,11+,12-,13?,14+,15+,16?,17-,18?,19+,20-,21+,22-,23-,25+/m0/s1. The molecule has 1 aliphatic carbocycles. The summed E-state index contributed by atoms with van der Waals surface area (Å²) in [5, 5.41) is 79.0. The zero-order valence-electron chi connectivity index (χ0n) is 24.0. The maximum Gasteiger partial charge on any atom is 0.251 e. The summed E-state index contributed by atoms with van der Waals surface area (Å²) in [6, 6.07) is -3.69. The SMILES string of the molecule is NCCCN[C@@H]1C[C@H](O)[C@@H](CN)O[C@@H]1C1[C@@H](N)C[C@@H](NC(=O)C(O)C(O)CN)[C@H](O[C@H]2O[C@H](CO)[C@@H](O)[C@H](N)[C@H]2O)[C@H]1O. The molecule has 3 unspecified atom stereocenters. The molecule has 16 atom stereocenters. The van der Waals surface area contributed by atoms with Crippen molar-refractivity contribution in [2.45, 2.75) is 111 Å². The van der Waals surface area contributed by atoms with E-state index in [4.69, 9.17) is 42.9 Å². The zero-order valence-corrected chi connectivity index (χ0v) is 24.0. The molecule has 0 aromatic heterocycles. The van der Waals surface area contributed by atoms with Crippen molar-refractivity contribution in [1.82, 2.24) is 10.6 Å². The second kappa shape index (κ2) is 16.4. The van der Waals surface area contributed by atoms with Crippen LogP contribution >= 0.6 is 0 Å². The number of aliphatic hydroxyl groups excluding tert-OH is 7. The topological polar surface area (TPSA) is 341 Å². The Kier molecular flexibility index (Phi) is 13.9. The second-order valence-electron chi connectivity index (χ2n) is 11.6. The van der Waals surface area contributed by atoms with E-state index in [0.29, 0.717) is 19.5 Å². The summed E-state index contributed by atoms with van der Waals surface area (Å²) in [7, 11) is 0. The van der Waals surface area contributed by atoms with Gasteiger partial charge in [0.2, 0.25) is 0 Å². The number of amides is 1. The molecule has 0 aromatic carbocycles. The van der Waals surface area contributed by atoms with Gasteiger partial charge in [0, 0.05) is 31.1 Å². The van der Waals surface area contributed by atoms with Gasteiger partial charge < -0.3 is 89.3 Å². The van der Waals surface area contributed by atoms with E-state index in [0.717, 1.165) is 0 Å². The molecule has 2 heterocycles. The minimum atomic E-state index is -1.90. The summed E-state index contributed by atoms with van der Waals surface area (Å²) < 4.78 is 17.8. The Hall–Kier alpha value is -1.17. The van der Waals surface area contributed by atoms with Gasteiger partial charge in [-0.05, 0) is 32.4 Å². The Morgan fingerprint density at radius 2 is 1.65 bits per heavy atom. The second-order valence-corrected chi connectivity index (χ2v) is 11.6. The van der Waals surface area contributed by atoms with Crippen molar-refractivity contribution >= 4 is 5.91 Å². The van der Waals surface area contributed by atoms with Gasteiger partial charge in [0.15, 0.2) is 12.4 Å². The molecule has 0 bridgehead atoms. The van der Waals surface area contributed by atoms with E-state index < -0.39 is 116 Å². The van der Waals surface area contributed by atoms with Crippen LogP contribution in [0, 0.1) is 5.92 Å². The molecule has 1 saturated carbocycles. The third-order valence-electron chi connectivity index (χ3n) is 8.63. The third-order valence-corrected chi connectivity index (χ3v) is 8.63. The third kappa shape index (κ3) is 8.36. The van der Waals surface area contributed by atoms with Crippen LogP contribution in [0.4, 0.5) is 0 Å². The molecule has 3 rings (SSSR count). The average Bonchev–Trinajstić information content (AvgIpc) is 2.98. The number of rotatable bonds is 13. The van der Waals surface area contributed by atoms with Crippen molar-refractivity contribution in [2.24, 2.45) is 34.6 Å². The summed E-state index contributed by atoms with van der Waals surface area (Å²) >= 11 is 0. The Labute approximate surface area is 249 Å². The molecule has 18 nitrogen and oxygen atoms in total. The number of carbonyl (C=O) groups is 1. The van der Waals surface area contributed by atoms with E-state index in [1.807, 2.05) is 0 Å². The maximum atomic E-state index is 12.8. The monoisotopic (exact) mass is 625 g/mol. The van der Waals surface area contributed by atoms with Crippen LogP contribution < -0.4 is 39.3 Å². The van der Waals surface area contributed by atoms with Gasteiger partial charge in [-0.15, -0.1) is 0 Å². The molecule has 2 saturated heterocycles. The Balaban J connectivity index is 1.93. The smallest absolute Gasteiger partial charge is 0.251 e. The normalized spacial score (nSPS) is 43.6. The molecule has 0 aromatic rings. The van der Waals surface area contributed by atoms with Gasteiger partial charge in [-0.1, -0.05) is 0 Å². The fourth-order valence-electron chi connectivity index (χ4n) is 6.10. The highest BCUT2D eigenvalue weighted by Crippen LogP contribution is 2.37. The molecule has 43 heavy (non-hydrogen) atoms. The lowest BCUT2D eigenvalue weighted by atomic mass is 9.71.